The molecule has 3 aliphatic rings. The smallest absolute Gasteiger partial charge is 0.238 e. The Labute approximate surface area is 172 Å². The van der Waals surface area contributed by atoms with Crippen LogP contribution >= 0.6 is 23.2 Å². The number of benzene rings is 1. The van der Waals surface area contributed by atoms with Gasteiger partial charge < -0.3 is 0 Å². The number of rotatable bonds is 3. The van der Waals surface area contributed by atoms with Crippen molar-refractivity contribution in [3.8, 4) is 0 Å². The van der Waals surface area contributed by atoms with E-state index in [4.69, 9.17) is 23.2 Å². The third kappa shape index (κ3) is 2.42. The van der Waals surface area contributed by atoms with E-state index >= 15 is 0 Å². The van der Waals surface area contributed by atoms with Gasteiger partial charge in [0.05, 0.1) is 35.5 Å². The van der Waals surface area contributed by atoms with Crippen molar-refractivity contribution >= 4 is 40.7 Å². The zero-order chi connectivity index (χ0) is 19.7. The molecule has 144 valence electrons. The topological polar surface area (TPSA) is 55.2 Å². The summed E-state index contributed by atoms with van der Waals surface area (Å²) in [5.74, 6) is -0.199. The first-order valence-electron chi connectivity index (χ1n) is 9.41. The summed E-state index contributed by atoms with van der Waals surface area (Å²) in [4.78, 5) is 27.7. The molecule has 2 amide bonds. The molecule has 0 unspecified atom stereocenters. The van der Waals surface area contributed by atoms with Crippen LogP contribution in [0.4, 0.5) is 5.69 Å². The summed E-state index contributed by atoms with van der Waals surface area (Å²) in [6.07, 6.45) is 5.13. The van der Waals surface area contributed by atoms with Gasteiger partial charge in [-0.05, 0) is 49.8 Å². The van der Waals surface area contributed by atoms with Gasteiger partial charge in [-0.2, -0.15) is 5.10 Å². The van der Waals surface area contributed by atoms with E-state index in [1.165, 1.54) is 4.90 Å². The minimum Gasteiger partial charge on any atom is -0.274 e. The molecule has 0 spiro atoms. The van der Waals surface area contributed by atoms with Crippen LogP contribution in [0.3, 0.4) is 0 Å². The number of aromatic nitrogens is 2. The van der Waals surface area contributed by atoms with Crippen LogP contribution in [0.5, 0.6) is 0 Å². The predicted octanol–water partition coefficient (Wildman–Crippen LogP) is 4.17. The van der Waals surface area contributed by atoms with Crippen LogP contribution in [0, 0.1) is 37.5 Å². The van der Waals surface area contributed by atoms with Crippen molar-refractivity contribution in [2.75, 3.05) is 4.90 Å². The highest BCUT2D eigenvalue weighted by Gasteiger charge is 2.60. The number of fused-ring (bicyclic) bond motifs is 5. The lowest BCUT2D eigenvalue weighted by Gasteiger charge is -2.18. The van der Waals surface area contributed by atoms with Crippen LogP contribution in [0.15, 0.2) is 30.4 Å². The molecule has 1 aromatic heterocycles. The molecular formula is C21H19Cl2N3O2. The number of carbonyl (C=O) groups excluding carboxylic acids is 2. The highest BCUT2D eigenvalue weighted by molar-refractivity contribution is 6.35. The van der Waals surface area contributed by atoms with Crippen LogP contribution in [0.25, 0.3) is 0 Å². The molecule has 0 radical (unpaired) electrons. The lowest BCUT2D eigenvalue weighted by Crippen LogP contribution is -2.33. The van der Waals surface area contributed by atoms with Gasteiger partial charge in [-0.1, -0.05) is 41.4 Å². The Morgan fingerprint density at radius 3 is 2.32 bits per heavy atom. The predicted molar refractivity (Wildman–Crippen MR) is 107 cm³/mol. The lowest BCUT2D eigenvalue weighted by atomic mass is 9.85. The fraction of sp³-hybridized carbons (Fsp3) is 0.381. The number of anilines is 1. The minimum absolute atomic E-state index is 0.0814. The largest absolute Gasteiger partial charge is 0.274 e. The number of allylic oxidation sites excluding steroid dienone is 2. The van der Waals surface area contributed by atoms with Crippen LogP contribution < -0.4 is 4.90 Å². The molecule has 2 aromatic rings. The van der Waals surface area contributed by atoms with Gasteiger partial charge in [-0.3, -0.25) is 14.3 Å². The number of aryl methyl sites for hydroxylation is 1. The Morgan fingerprint density at radius 1 is 1.07 bits per heavy atom. The number of carbonyl (C=O) groups is 2. The standard InChI is InChI=1S/C21H19Cl2N3O2/c1-10-19(11(2)25(24-10)9-14-5-6-15(22)8-16(14)23)26-20(27)17-12-3-4-13(7-12)18(17)21(26)28/h3-6,8,12-13,17-18H,7,9H2,1-2H3/t12-,13-,17-,18+/m0/s1. The second-order valence-electron chi connectivity index (χ2n) is 7.92. The van der Waals surface area contributed by atoms with Gasteiger partial charge in [-0.25, -0.2) is 4.90 Å². The molecule has 28 heavy (non-hydrogen) atoms. The molecular weight excluding hydrogens is 397 g/mol. The molecule has 1 saturated heterocycles. The van der Waals surface area contributed by atoms with E-state index in [0.717, 1.165) is 17.7 Å². The maximum Gasteiger partial charge on any atom is 0.238 e. The highest BCUT2D eigenvalue weighted by atomic mass is 35.5. The second kappa shape index (κ2) is 6.19. The van der Waals surface area contributed by atoms with Crippen molar-refractivity contribution in [1.29, 1.82) is 0 Å². The van der Waals surface area contributed by atoms with Gasteiger partial charge in [0.25, 0.3) is 0 Å². The average Bonchev–Trinajstić information content (AvgIpc) is 3.37. The van der Waals surface area contributed by atoms with Crippen molar-refractivity contribution in [1.82, 2.24) is 9.78 Å². The molecule has 5 rings (SSSR count). The van der Waals surface area contributed by atoms with E-state index in [-0.39, 0.29) is 35.5 Å². The van der Waals surface area contributed by atoms with Crippen molar-refractivity contribution in [2.24, 2.45) is 23.7 Å². The number of imide groups is 1. The van der Waals surface area contributed by atoms with Gasteiger partial charge in [0.1, 0.15) is 0 Å². The van der Waals surface area contributed by atoms with Crippen LogP contribution in [-0.2, 0) is 16.1 Å². The summed E-state index contributed by atoms with van der Waals surface area (Å²) in [6.45, 7) is 4.17. The Morgan fingerprint density at radius 2 is 1.71 bits per heavy atom. The maximum atomic E-state index is 13.1. The van der Waals surface area contributed by atoms with Crippen molar-refractivity contribution in [3.05, 3.63) is 57.3 Å². The zero-order valence-electron chi connectivity index (χ0n) is 15.5. The molecule has 2 bridgehead atoms. The van der Waals surface area contributed by atoms with Crippen molar-refractivity contribution < 1.29 is 9.59 Å². The van der Waals surface area contributed by atoms with E-state index in [1.54, 1.807) is 16.8 Å². The number of hydrogen-bond donors (Lipinski definition) is 0. The van der Waals surface area contributed by atoms with Crippen LogP contribution in [0.1, 0.15) is 23.4 Å². The summed E-state index contributed by atoms with van der Waals surface area (Å²) in [5.41, 5.74) is 2.95. The van der Waals surface area contributed by atoms with Gasteiger partial charge in [-0.15, -0.1) is 0 Å². The molecule has 0 N–H and O–H groups in total. The first kappa shape index (κ1) is 18.0. The fourth-order valence-electron chi connectivity index (χ4n) is 5.10. The molecule has 2 fully saturated rings. The maximum absolute atomic E-state index is 13.1. The molecule has 1 saturated carbocycles. The molecule has 1 aromatic carbocycles. The average molecular weight is 416 g/mol. The summed E-state index contributed by atoms with van der Waals surface area (Å²) in [7, 11) is 0. The van der Waals surface area contributed by atoms with E-state index in [2.05, 4.69) is 17.3 Å². The van der Waals surface area contributed by atoms with Crippen molar-refractivity contribution in [2.45, 2.75) is 26.8 Å². The molecule has 1 aliphatic heterocycles. The number of amides is 2. The Hall–Kier alpha value is -2.11. The van der Waals surface area contributed by atoms with Crippen LogP contribution in [0.2, 0.25) is 10.0 Å². The van der Waals surface area contributed by atoms with E-state index in [1.807, 2.05) is 19.9 Å². The van der Waals surface area contributed by atoms with E-state index < -0.39 is 0 Å². The van der Waals surface area contributed by atoms with Crippen molar-refractivity contribution in [3.63, 3.8) is 0 Å². The lowest BCUT2D eigenvalue weighted by molar-refractivity contribution is -0.123. The normalized spacial score (nSPS) is 27.9. The molecule has 2 aliphatic carbocycles. The van der Waals surface area contributed by atoms with Gasteiger partial charge >= 0.3 is 0 Å². The second-order valence-corrected chi connectivity index (χ2v) is 8.77. The van der Waals surface area contributed by atoms with Gasteiger partial charge in [0.15, 0.2) is 0 Å². The number of halogens is 2. The molecule has 2 heterocycles. The summed E-state index contributed by atoms with van der Waals surface area (Å²) in [5, 5.41) is 5.73. The molecule has 7 heteroatoms. The Kier molecular flexibility index (Phi) is 3.97. The van der Waals surface area contributed by atoms with E-state index in [0.29, 0.717) is 28.0 Å². The Balaban J connectivity index is 1.50. The zero-order valence-corrected chi connectivity index (χ0v) is 17.0. The number of nitrogens with zero attached hydrogens (tertiary/aromatic N) is 3. The monoisotopic (exact) mass is 415 g/mol. The summed E-state index contributed by atoms with van der Waals surface area (Å²) in [6, 6.07) is 5.34. The minimum atomic E-state index is -0.213. The van der Waals surface area contributed by atoms with Gasteiger partial charge in [0.2, 0.25) is 11.8 Å². The SMILES string of the molecule is Cc1nn(Cc2ccc(Cl)cc2Cl)c(C)c1N1C(=O)[C@@H]2[C@H](C1=O)[C@H]1C=C[C@H]2C1. The molecule has 5 nitrogen and oxygen atoms in total. The molecule has 4 atom stereocenters. The first-order chi connectivity index (χ1) is 13.4. The van der Waals surface area contributed by atoms with E-state index in [9.17, 15) is 9.59 Å². The third-order valence-electron chi connectivity index (χ3n) is 6.37. The van der Waals surface area contributed by atoms with Gasteiger partial charge in [0, 0.05) is 10.0 Å². The first-order valence-corrected chi connectivity index (χ1v) is 10.2. The fourth-order valence-corrected chi connectivity index (χ4v) is 5.57. The number of hydrogen-bond acceptors (Lipinski definition) is 3. The third-order valence-corrected chi connectivity index (χ3v) is 6.96. The highest BCUT2D eigenvalue weighted by Crippen LogP contribution is 2.53. The summed E-state index contributed by atoms with van der Waals surface area (Å²) >= 11 is 12.3. The summed E-state index contributed by atoms with van der Waals surface area (Å²) < 4.78 is 1.79. The quantitative estimate of drug-likeness (QED) is 0.558. The van der Waals surface area contributed by atoms with Crippen LogP contribution in [-0.4, -0.2) is 21.6 Å². The Bertz CT molecular complexity index is 1030.